The van der Waals surface area contributed by atoms with Gasteiger partial charge >= 0.3 is 0 Å². The highest BCUT2D eigenvalue weighted by Gasteiger charge is 2.37. The third-order valence-electron chi connectivity index (χ3n) is 5.06. The standard InChI is InChI=1S/C19H26N2O3/c22-11-9-17(15-6-7-15)20-19(24)16-12-18(23)21(13-16)10-8-14-4-2-1-3-5-14/h1-5,15-17,22H,6-13H2,(H,20,24). The Morgan fingerprint density at radius 3 is 2.71 bits per heavy atom. The SMILES string of the molecule is O=C(NC(CCO)C1CC1)C1CC(=O)N(CCc2ccccc2)C1. The molecule has 1 aliphatic heterocycles. The summed E-state index contributed by atoms with van der Waals surface area (Å²) in [7, 11) is 0. The lowest BCUT2D eigenvalue weighted by Crippen LogP contribution is -2.41. The molecule has 0 radical (unpaired) electrons. The Morgan fingerprint density at radius 2 is 2.04 bits per heavy atom. The average molecular weight is 330 g/mol. The van der Waals surface area contributed by atoms with Gasteiger partial charge in [0.25, 0.3) is 0 Å². The second-order valence-corrected chi connectivity index (χ2v) is 6.94. The van der Waals surface area contributed by atoms with Crippen LogP contribution in [0.3, 0.4) is 0 Å². The number of nitrogens with one attached hydrogen (secondary N) is 1. The van der Waals surface area contributed by atoms with Gasteiger partial charge in [-0.25, -0.2) is 0 Å². The van der Waals surface area contributed by atoms with E-state index in [2.05, 4.69) is 17.4 Å². The van der Waals surface area contributed by atoms with E-state index in [1.165, 1.54) is 5.56 Å². The minimum atomic E-state index is -0.256. The average Bonchev–Trinajstić information content (AvgIpc) is 3.37. The second-order valence-electron chi connectivity index (χ2n) is 6.94. The summed E-state index contributed by atoms with van der Waals surface area (Å²) >= 11 is 0. The van der Waals surface area contributed by atoms with Gasteiger partial charge in [0.1, 0.15) is 0 Å². The van der Waals surface area contributed by atoms with Gasteiger partial charge in [-0.15, -0.1) is 0 Å². The van der Waals surface area contributed by atoms with Crippen molar-refractivity contribution in [3.8, 4) is 0 Å². The lowest BCUT2D eigenvalue weighted by Gasteiger charge is -2.20. The van der Waals surface area contributed by atoms with E-state index < -0.39 is 0 Å². The van der Waals surface area contributed by atoms with Crippen LogP contribution in [0.4, 0.5) is 0 Å². The Morgan fingerprint density at radius 1 is 1.29 bits per heavy atom. The zero-order chi connectivity index (χ0) is 16.9. The van der Waals surface area contributed by atoms with Crippen molar-refractivity contribution in [2.24, 2.45) is 11.8 Å². The molecular weight excluding hydrogens is 304 g/mol. The third kappa shape index (κ3) is 4.35. The van der Waals surface area contributed by atoms with E-state index in [-0.39, 0.29) is 30.4 Å². The molecule has 0 bridgehead atoms. The number of amides is 2. The summed E-state index contributed by atoms with van der Waals surface area (Å²) in [6, 6.07) is 10.1. The molecule has 1 aliphatic carbocycles. The highest BCUT2D eigenvalue weighted by atomic mass is 16.3. The normalized spacial score (nSPS) is 21.8. The van der Waals surface area contributed by atoms with Crippen LogP contribution in [0.15, 0.2) is 30.3 Å². The zero-order valence-corrected chi connectivity index (χ0v) is 14.0. The van der Waals surface area contributed by atoms with Crippen molar-refractivity contribution in [2.75, 3.05) is 19.7 Å². The lowest BCUT2D eigenvalue weighted by atomic mass is 10.0. The maximum atomic E-state index is 12.5. The highest BCUT2D eigenvalue weighted by molar-refractivity contribution is 5.89. The van der Waals surface area contributed by atoms with Crippen LogP contribution in [0.2, 0.25) is 0 Å². The molecular formula is C19H26N2O3. The smallest absolute Gasteiger partial charge is 0.225 e. The van der Waals surface area contributed by atoms with E-state index in [0.29, 0.717) is 31.8 Å². The molecule has 2 N–H and O–H groups in total. The van der Waals surface area contributed by atoms with Crippen LogP contribution in [-0.4, -0.2) is 47.6 Å². The second kappa shape index (κ2) is 7.79. The first kappa shape index (κ1) is 17.0. The molecule has 3 rings (SSSR count). The minimum absolute atomic E-state index is 0.0316. The Balaban J connectivity index is 1.49. The molecule has 5 heteroatoms. The van der Waals surface area contributed by atoms with E-state index in [1.54, 1.807) is 4.90 Å². The molecule has 1 saturated heterocycles. The molecule has 2 atom stereocenters. The van der Waals surface area contributed by atoms with Crippen LogP contribution in [0.1, 0.15) is 31.2 Å². The number of likely N-dealkylation sites (tertiary alicyclic amines) is 1. The van der Waals surface area contributed by atoms with Gasteiger partial charge in [-0.05, 0) is 37.2 Å². The maximum absolute atomic E-state index is 12.5. The lowest BCUT2D eigenvalue weighted by molar-refractivity contribution is -0.129. The number of hydrogen-bond acceptors (Lipinski definition) is 3. The molecule has 2 fully saturated rings. The van der Waals surface area contributed by atoms with Crippen LogP contribution in [0, 0.1) is 11.8 Å². The van der Waals surface area contributed by atoms with Crippen LogP contribution in [0.5, 0.6) is 0 Å². The first-order chi connectivity index (χ1) is 11.7. The molecule has 1 aromatic rings. The van der Waals surface area contributed by atoms with Gasteiger partial charge in [-0.2, -0.15) is 0 Å². The fourth-order valence-electron chi connectivity index (χ4n) is 3.44. The fourth-order valence-corrected chi connectivity index (χ4v) is 3.44. The predicted molar refractivity (Wildman–Crippen MR) is 91.2 cm³/mol. The molecule has 130 valence electrons. The maximum Gasteiger partial charge on any atom is 0.225 e. The summed E-state index contributed by atoms with van der Waals surface area (Å²) in [5, 5.41) is 12.2. The number of aliphatic hydroxyl groups excluding tert-OH is 1. The molecule has 0 spiro atoms. The van der Waals surface area contributed by atoms with Crippen molar-refractivity contribution in [3.05, 3.63) is 35.9 Å². The summed E-state index contributed by atoms with van der Waals surface area (Å²) in [5.74, 6) is 0.285. The Kier molecular flexibility index (Phi) is 5.51. The molecule has 1 saturated carbocycles. The zero-order valence-electron chi connectivity index (χ0n) is 14.0. The Hall–Kier alpha value is -1.88. The fraction of sp³-hybridized carbons (Fsp3) is 0.579. The monoisotopic (exact) mass is 330 g/mol. The van der Waals surface area contributed by atoms with Crippen molar-refractivity contribution in [1.29, 1.82) is 0 Å². The van der Waals surface area contributed by atoms with Crippen LogP contribution in [0.25, 0.3) is 0 Å². The van der Waals surface area contributed by atoms with Gasteiger partial charge < -0.3 is 15.3 Å². The summed E-state index contributed by atoms with van der Waals surface area (Å²) in [6.07, 6.45) is 3.97. The molecule has 24 heavy (non-hydrogen) atoms. The van der Waals surface area contributed by atoms with Gasteiger partial charge in [0.2, 0.25) is 11.8 Å². The number of rotatable bonds is 8. The third-order valence-corrected chi connectivity index (χ3v) is 5.06. The quantitative estimate of drug-likeness (QED) is 0.756. The van der Waals surface area contributed by atoms with Gasteiger partial charge in [-0.1, -0.05) is 30.3 Å². The Labute approximate surface area is 143 Å². The molecule has 1 aromatic carbocycles. The van der Waals surface area contributed by atoms with E-state index in [9.17, 15) is 9.59 Å². The molecule has 2 unspecified atom stereocenters. The molecule has 0 aromatic heterocycles. The first-order valence-electron chi connectivity index (χ1n) is 8.90. The Bertz CT molecular complexity index is 571. The summed E-state index contributed by atoms with van der Waals surface area (Å²) in [6.45, 7) is 1.26. The van der Waals surface area contributed by atoms with Crippen molar-refractivity contribution in [1.82, 2.24) is 10.2 Å². The summed E-state index contributed by atoms with van der Waals surface area (Å²) in [5.41, 5.74) is 1.20. The number of aliphatic hydroxyl groups is 1. The number of nitrogens with zero attached hydrogens (tertiary/aromatic N) is 1. The molecule has 2 amide bonds. The van der Waals surface area contributed by atoms with Crippen LogP contribution >= 0.6 is 0 Å². The summed E-state index contributed by atoms with van der Waals surface area (Å²) < 4.78 is 0. The van der Waals surface area contributed by atoms with Crippen LogP contribution in [-0.2, 0) is 16.0 Å². The number of benzene rings is 1. The minimum Gasteiger partial charge on any atom is -0.396 e. The van der Waals surface area contributed by atoms with E-state index >= 15 is 0 Å². The predicted octanol–water partition coefficient (Wildman–Crippen LogP) is 1.35. The number of carbonyl (C=O) groups is 2. The topological polar surface area (TPSA) is 69.6 Å². The van der Waals surface area contributed by atoms with Crippen molar-refractivity contribution >= 4 is 11.8 Å². The van der Waals surface area contributed by atoms with Crippen LogP contribution < -0.4 is 5.32 Å². The highest BCUT2D eigenvalue weighted by Crippen LogP contribution is 2.34. The number of hydrogen-bond donors (Lipinski definition) is 2. The van der Waals surface area contributed by atoms with Gasteiger partial charge in [0.15, 0.2) is 0 Å². The van der Waals surface area contributed by atoms with E-state index in [4.69, 9.17) is 5.11 Å². The largest absolute Gasteiger partial charge is 0.396 e. The van der Waals surface area contributed by atoms with E-state index in [0.717, 1.165) is 19.3 Å². The van der Waals surface area contributed by atoms with Gasteiger partial charge in [-0.3, -0.25) is 9.59 Å². The number of carbonyl (C=O) groups excluding carboxylic acids is 2. The van der Waals surface area contributed by atoms with Gasteiger partial charge in [0, 0.05) is 32.2 Å². The molecule has 2 aliphatic rings. The van der Waals surface area contributed by atoms with Crippen molar-refractivity contribution in [3.63, 3.8) is 0 Å². The van der Waals surface area contributed by atoms with Gasteiger partial charge in [0.05, 0.1) is 5.92 Å². The van der Waals surface area contributed by atoms with Crippen molar-refractivity contribution in [2.45, 2.75) is 38.1 Å². The van der Waals surface area contributed by atoms with Crippen molar-refractivity contribution < 1.29 is 14.7 Å². The summed E-state index contributed by atoms with van der Waals surface area (Å²) in [4.78, 5) is 26.4. The van der Waals surface area contributed by atoms with E-state index in [1.807, 2.05) is 18.2 Å². The first-order valence-corrected chi connectivity index (χ1v) is 8.90. The molecule has 1 heterocycles. The molecule has 5 nitrogen and oxygen atoms in total.